The van der Waals surface area contributed by atoms with Gasteiger partial charge in [0, 0.05) is 114 Å². The average molecular weight is 859 g/mol. The normalized spacial score (nSPS) is 12.4. The van der Waals surface area contributed by atoms with Crippen LogP contribution in [-0.2, 0) is 73.4 Å². The van der Waals surface area contributed by atoms with Gasteiger partial charge in [0.1, 0.15) is 0 Å². The fourth-order valence-electron chi connectivity index (χ4n) is 5.21. The summed E-state index contributed by atoms with van der Waals surface area (Å²) < 4.78 is 90.8. The molecule has 7 aromatic rings. The van der Waals surface area contributed by atoms with Crippen molar-refractivity contribution < 1.29 is 68.7 Å². The zero-order chi connectivity index (χ0) is 37.1. The Hall–Kier alpha value is -4.91. The molecule has 0 saturated heterocycles. The first-order valence-electron chi connectivity index (χ1n) is 15.7. The molecule has 0 N–H and O–H groups in total. The number of rotatable bonds is 0. The number of nitrogens with zero attached hydrogens (tertiary/aromatic N) is 12. The Balaban J connectivity index is 0.000000180. The topological polar surface area (TPSA) is 107 Å². The van der Waals surface area contributed by atoms with Gasteiger partial charge in [-0.25, -0.2) is 29.9 Å². The van der Waals surface area contributed by atoms with Crippen molar-refractivity contribution in [3.05, 3.63) is 111 Å². The van der Waals surface area contributed by atoms with Crippen molar-refractivity contribution in [1.82, 2.24) is 57.3 Å². The molecule has 0 atom stereocenters. The maximum Gasteiger partial charge on any atom is 1.00 e. The van der Waals surface area contributed by atoms with Crippen LogP contribution in [0.3, 0.4) is 0 Å². The van der Waals surface area contributed by atoms with E-state index >= 15 is 0 Å². The number of halogens is 8. The average Bonchev–Trinajstić information content (AvgIpc) is 3.95. The molecule has 0 saturated carbocycles. The van der Waals surface area contributed by atoms with Gasteiger partial charge in [-0.2, -0.15) is 0 Å². The van der Waals surface area contributed by atoms with Gasteiger partial charge in [-0.1, -0.05) is 36.4 Å². The van der Waals surface area contributed by atoms with Crippen molar-refractivity contribution in [2.24, 2.45) is 0 Å². The summed E-state index contributed by atoms with van der Waals surface area (Å²) in [6.07, 6.45) is 22.9. The van der Waals surface area contributed by atoms with E-state index in [9.17, 15) is 34.5 Å². The molecule has 3 aliphatic rings. The summed E-state index contributed by atoms with van der Waals surface area (Å²) >= 11 is 0. The van der Waals surface area contributed by atoms with Gasteiger partial charge in [0.15, 0.2) is 34.9 Å². The van der Waals surface area contributed by atoms with Gasteiger partial charge in [0.25, 0.3) is 0 Å². The Labute approximate surface area is 324 Å². The maximum atomic E-state index is 9.75. The zero-order valence-electron chi connectivity index (χ0n) is 27.8. The van der Waals surface area contributed by atoms with Crippen LogP contribution in [0, 0.1) is 0 Å². The summed E-state index contributed by atoms with van der Waals surface area (Å²) in [6, 6.07) is 12.0. The molecule has 1 aromatic carbocycles. The molecule has 0 unspecified atom stereocenters. The van der Waals surface area contributed by atoms with Crippen molar-refractivity contribution in [2.45, 2.75) is 39.3 Å². The minimum Gasteiger partial charge on any atom is -0.418 e. The Bertz CT molecular complexity index is 1740. The number of fused-ring (bicyclic) bond motifs is 9. The van der Waals surface area contributed by atoms with E-state index in [4.69, 9.17) is 0 Å². The second-order valence-corrected chi connectivity index (χ2v) is 10.8. The largest absolute Gasteiger partial charge is 1.00 e. The van der Waals surface area contributed by atoms with Crippen LogP contribution in [-0.4, -0.2) is 71.8 Å². The molecule has 0 amide bonds. The Morgan fingerprint density at radius 2 is 0.444 bits per heavy atom. The summed E-state index contributed by atoms with van der Waals surface area (Å²) in [4.78, 5) is 25.5. The predicted molar refractivity (Wildman–Crippen MR) is 177 cm³/mol. The molecular weight excluding hydrogens is 829 g/mol. The second kappa shape index (κ2) is 20.0. The number of benzene rings is 1. The van der Waals surface area contributed by atoms with Crippen molar-refractivity contribution in [3.8, 4) is 34.9 Å². The molecule has 10 rings (SSSR count). The van der Waals surface area contributed by atoms with Gasteiger partial charge in [0.2, 0.25) is 0 Å². The van der Waals surface area contributed by atoms with Crippen LogP contribution in [0.4, 0.5) is 34.5 Å². The molecule has 6 aromatic heterocycles. The molecule has 0 radical (unpaired) electrons. The van der Waals surface area contributed by atoms with Gasteiger partial charge in [-0.05, 0) is 0 Å². The Morgan fingerprint density at radius 3 is 0.574 bits per heavy atom. The predicted octanol–water partition coefficient (Wildman–Crippen LogP) is 6.56. The van der Waals surface area contributed by atoms with Crippen LogP contribution in [0.2, 0.25) is 0 Å². The third kappa shape index (κ3) is 12.9. The van der Waals surface area contributed by atoms with Crippen LogP contribution < -0.4 is 0 Å². The molecule has 54 heavy (non-hydrogen) atoms. The number of aromatic nitrogens is 12. The smallest absolute Gasteiger partial charge is 0.418 e. The summed E-state index contributed by atoms with van der Waals surface area (Å²) in [5.74, 6) is 5.87. The molecule has 3 aliphatic heterocycles. The van der Waals surface area contributed by atoms with E-state index in [1.165, 1.54) is 0 Å². The van der Waals surface area contributed by atoms with Gasteiger partial charge in [-0.3, -0.25) is 0 Å². The molecule has 0 fully saturated rings. The Kier molecular flexibility index (Phi) is 16.1. The Morgan fingerprint density at radius 1 is 0.315 bits per heavy atom. The minimum atomic E-state index is -6.00. The summed E-state index contributed by atoms with van der Waals surface area (Å²) in [7, 11) is -12.0. The van der Waals surface area contributed by atoms with Crippen LogP contribution in [0.15, 0.2) is 111 Å². The number of aryl methyl sites for hydroxylation is 6. The summed E-state index contributed by atoms with van der Waals surface area (Å²) in [6.45, 7) is 5.99. The van der Waals surface area contributed by atoms with Crippen LogP contribution >= 0.6 is 0 Å². The monoisotopic (exact) mass is 858 g/mol. The van der Waals surface area contributed by atoms with Gasteiger partial charge >= 0.3 is 48.6 Å². The van der Waals surface area contributed by atoms with Gasteiger partial charge in [0.05, 0.1) is 0 Å². The molecule has 12 nitrogen and oxygen atoms in total. The van der Waals surface area contributed by atoms with E-state index in [2.05, 4.69) is 57.3 Å². The second-order valence-electron chi connectivity index (χ2n) is 10.8. The van der Waals surface area contributed by atoms with E-state index in [1.807, 2.05) is 111 Å². The molecule has 0 spiro atoms. The first kappa shape index (κ1) is 43.5. The molecule has 294 valence electrons. The molecule has 0 bridgehead atoms. The van der Waals surface area contributed by atoms with Gasteiger partial charge < -0.3 is 61.9 Å². The quantitative estimate of drug-likeness (QED) is 0.126. The SMILES string of the molecule is F[B-](F)(F)F.F[B-](F)(F)F.[Cu+].[Cu+].c1ccccc1.c1cn2c(n1)-c1nccn1CC2.c1cn2c(n1)-c1nccn1CC2.c1cn2c(n1)-c1nccn1CC2. The number of imidazole rings is 6. The maximum absolute atomic E-state index is 9.75. The molecule has 9 heterocycles. The van der Waals surface area contributed by atoms with Crippen molar-refractivity contribution >= 4 is 14.5 Å². The van der Waals surface area contributed by atoms with Gasteiger partial charge in [-0.15, -0.1) is 0 Å². The fraction of sp³-hybridized carbons (Fsp3) is 0.200. The summed E-state index contributed by atoms with van der Waals surface area (Å²) in [5, 5.41) is 0. The van der Waals surface area contributed by atoms with Crippen molar-refractivity contribution in [1.29, 1.82) is 0 Å². The summed E-state index contributed by atoms with van der Waals surface area (Å²) in [5.41, 5.74) is 0. The third-order valence-electron chi connectivity index (χ3n) is 7.30. The molecular formula is C30H30B2Cu2F8N12. The van der Waals surface area contributed by atoms with Crippen molar-refractivity contribution in [2.75, 3.05) is 0 Å². The zero-order valence-corrected chi connectivity index (χ0v) is 29.7. The minimum absolute atomic E-state index is 0. The number of hydrogen-bond donors (Lipinski definition) is 0. The van der Waals surface area contributed by atoms with E-state index in [-0.39, 0.29) is 34.1 Å². The third-order valence-corrected chi connectivity index (χ3v) is 7.30. The fourth-order valence-corrected chi connectivity index (χ4v) is 5.21. The van der Waals surface area contributed by atoms with Crippen LogP contribution in [0.5, 0.6) is 0 Å². The standard InChI is InChI=1S/3C8H8N4.C6H6.2BF4.2Cu/c3*1-3-11-5-6-12-4-2-10-8(12)7(11)9-1;1-2-4-6-5-3-1;2*2-1(3,4)5;;/h3*1-4H,5-6H2;1-6H;;;;/q;;;;2*-1;2*+1. The first-order valence-corrected chi connectivity index (χ1v) is 15.7. The van der Waals surface area contributed by atoms with E-state index in [0.717, 1.165) is 74.2 Å². The molecule has 24 heteroatoms. The first-order chi connectivity index (χ1) is 24.8. The van der Waals surface area contributed by atoms with Crippen molar-refractivity contribution in [3.63, 3.8) is 0 Å². The molecule has 0 aliphatic carbocycles. The van der Waals surface area contributed by atoms with E-state index in [1.54, 1.807) is 0 Å². The number of hydrogen-bond acceptors (Lipinski definition) is 6. The van der Waals surface area contributed by atoms with Crippen LogP contribution in [0.25, 0.3) is 34.9 Å². The van der Waals surface area contributed by atoms with E-state index in [0.29, 0.717) is 0 Å². The van der Waals surface area contributed by atoms with E-state index < -0.39 is 14.5 Å². The van der Waals surface area contributed by atoms with Crippen LogP contribution in [0.1, 0.15) is 0 Å².